The van der Waals surface area contributed by atoms with Crippen molar-refractivity contribution in [3.05, 3.63) is 66.8 Å². The maximum absolute atomic E-state index is 4.96. The van der Waals surface area contributed by atoms with Crippen LogP contribution in [0.2, 0.25) is 0 Å². The van der Waals surface area contributed by atoms with Gasteiger partial charge in [0.25, 0.3) is 0 Å². The summed E-state index contributed by atoms with van der Waals surface area (Å²) in [6.07, 6.45) is 7.44. The van der Waals surface area contributed by atoms with E-state index in [4.69, 9.17) is 9.97 Å². The van der Waals surface area contributed by atoms with E-state index in [1.165, 1.54) is 0 Å². The summed E-state index contributed by atoms with van der Waals surface area (Å²) in [7, 11) is 2.15. The molecule has 0 saturated carbocycles. The first-order valence-corrected chi connectivity index (χ1v) is 10.7. The van der Waals surface area contributed by atoms with Gasteiger partial charge in [-0.15, -0.1) is 0 Å². The van der Waals surface area contributed by atoms with Gasteiger partial charge in [-0.3, -0.25) is 10.1 Å². The van der Waals surface area contributed by atoms with E-state index in [-0.39, 0.29) is 0 Å². The van der Waals surface area contributed by atoms with Crippen molar-refractivity contribution in [3.8, 4) is 22.8 Å². The van der Waals surface area contributed by atoms with Crippen molar-refractivity contribution in [1.82, 2.24) is 39.9 Å². The van der Waals surface area contributed by atoms with Crippen LogP contribution >= 0.6 is 0 Å². The van der Waals surface area contributed by atoms with Crippen LogP contribution < -0.4 is 0 Å². The Hall–Kier alpha value is -3.78. The third-order valence-electron chi connectivity index (χ3n) is 5.84. The van der Waals surface area contributed by atoms with Crippen LogP contribution in [0.15, 0.2) is 55.4 Å². The summed E-state index contributed by atoms with van der Waals surface area (Å²) in [4.78, 5) is 22.2. The smallest absolute Gasteiger partial charge is 0.161 e. The molecule has 0 aliphatic carbocycles. The Labute approximate surface area is 186 Å². The van der Waals surface area contributed by atoms with Gasteiger partial charge < -0.3 is 14.8 Å². The summed E-state index contributed by atoms with van der Waals surface area (Å²) in [6, 6.07) is 7.87. The largest absolute Gasteiger partial charge is 0.367 e. The number of aryl methyl sites for hydroxylation is 1. The molecule has 1 aliphatic heterocycles. The maximum Gasteiger partial charge on any atom is 0.161 e. The van der Waals surface area contributed by atoms with E-state index < -0.39 is 0 Å². The van der Waals surface area contributed by atoms with Gasteiger partial charge in [-0.2, -0.15) is 5.10 Å². The standard InChI is InChI=1S/C24H26N8/c1-4-6-20(32-13-11-31(3)12-14-32)21-16(2)26-24(28-21)23-22-19(29-30-23)9-8-18(27-22)17-7-5-10-25-15-17/h4-10,15H,1,11-14H2,2-3H3,(H,26,28)(H,29,30)/b20-6+. The number of H-pyrrole nitrogens is 2. The predicted octanol–water partition coefficient (Wildman–Crippen LogP) is 3.49. The first-order valence-electron chi connectivity index (χ1n) is 10.7. The Balaban J connectivity index is 1.54. The van der Waals surface area contributed by atoms with Gasteiger partial charge in [0.05, 0.1) is 16.9 Å². The Kier molecular flexibility index (Phi) is 5.28. The SMILES string of the molecule is C=C/C=C(\c1nc(-c2n[nH]c3ccc(-c4cccnc4)nc23)[nH]c1C)N1CCN(C)CC1. The highest BCUT2D eigenvalue weighted by molar-refractivity contribution is 5.89. The molecule has 2 N–H and O–H groups in total. The van der Waals surface area contributed by atoms with Gasteiger partial charge in [0, 0.05) is 49.8 Å². The third-order valence-corrected chi connectivity index (χ3v) is 5.84. The highest BCUT2D eigenvalue weighted by Gasteiger charge is 2.23. The van der Waals surface area contributed by atoms with Gasteiger partial charge in [-0.1, -0.05) is 12.7 Å². The fourth-order valence-corrected chi connectivity index (χ4v) is 4.05. The topological polar surface area (TPSA) is 89.6 Å². The fourth-order valence-electron chi connectivity index (χ4n) is 4.05. The summed E-state index contributed by atoms with van der Waals surface area (Å²) in [6.45, 7) is 9.92. The lowest BCUT2D eigenvalue weighted by Crippen LogP contribution is -2.43. The molecule has 162 valence electrons. The van der Waals surface area contributed by atoms with Crippen LogP contribution in [0.5, 0.6) is 0 Å². The van der Waals surface area contributed by atoms with Crippen LogP contribution in [-0.2, 0) is 0 Å². The van der Waals surface area contributed by atoms with Crippen molar-refractivity contribution >= 4 is 16.7 Å². The third kappa shape index (κ3) is 3.69. The normalized spacial score (nSPS) is 15.4. The van der Waals surface area contributed by atoms with E-state index in [0.29, 0.717) is 11.5 Å². The molecule has 5 rings (SSSR count). The van der Waals surface area contributed by atoms with Crippen LogP contribution in [0.4, 0.5) is 0 Å². The van der Waals surface area contributed by atoms with Gasteiger partial charge in [0.1, 0.15) is 11.2 Å². The first kappa shape index (κ1) is 20.1. The van der Waals surface area contributed by atoms with E-state index in [1.807, 2.05) is 49.5 Å². The average Bonchev–Trinajstić information content (AvgIpc) is 3.41. The molecule has 0 aromatic carbocycles. The monoisotopic (exact) mass is 426 g/mol. The minimum absolute atomic E-state index is 0.698. The number of imidazole rings is 1. The lowest BCUT2D eigenvalue weighted by molar-refractivity contribution is 0.207. The van der Waals surface area contributed by atoms with E-state index in [1.54, 1.807) is 6.20 Å². The van der Waals surface area contributed by atoms with Crippen LogP contribution in [0.1, 0.15) is 11.4 Å². The zero-order valence-electron chi connectivity index (χ0n) is 18.3. The quantitative estimate of drug-likeness (QED) is 0.475. The molecule has 0 bridgehead atoms. The molecule has 8 nitrogen and oxygen atoms in total. The average molecular weight is 427 g/mol. The summed E-state index contributed by atoms with van der Waals surface area (Å²) < 4.78 is 0. The Morgan fingerprint density at radius 3 is 2.72 bits per heavy atom. The number of rotatable bonds is 5. The molecule has 1 fully saturated rings. The molecular weight excluding hydrogens is 400 g/mol. The lowest BCUT2D eigenvalue weighted by atomic mass is 10.2. The highest BCUT2D eigenvalue weighted by atomic mass is 15.3. The van der Waals surface area contributed by atoms with E-state index >= 15 is 0 Å². The van der Waals surface area contributed by atoms with Crippen molar-refractivity contribution in [2.75, 3.05) is 33.2 Å². The van der Waals surface area contributed by atoms with Gasteiger partial charge in [-0.25, -0.2) is 9.97 Å². The van der Waals surface area contributed by atoms with Crippen LogP contribution in [0, 0.1) is 6.92 Å². The molecule has 4 aromatic rings. The second-order valence-corrected chi connectivity index (χ2v) is 8.04. The zero-order chi connectivity index (χ0) is 22.1. The molecule has 0 unspecified atom stereocenters. The number of nitrogens with zero attached hydrogens (tertiary/aromatic N) is 6. The number of nitrogens with one attached hydrogen (secondary N) is 2. The number of aromatic nitrogens is 6. The van der Waals surface area contributed by atoms with Crippen molar-refractivity contribution in [2.45, 2.75) is 6.92 Å². The number of allylic oxidation sites excluding steroid dienone is 2. The summed E-state index contributed by atoms with van der Waals surface area (Å²) >= 11 is 0. The zero-order valence-corrected chi connectivity index (χ0v) is 18.3. The number of likely N-dealkylation sites (N-methyl/N-ethyl adjacent to an activating group) is 1. The number of fused-ring (bicyclic) bond motifs is 1. The van der Waals surface area contributed by atoms with Gasteiger partial charge in [0.15, 0.2) is 11.5 Å². The molecule has 0 atom stereocenters. The number of hydrogen-bond donors (Lipinski definition) is 2. The van der Waals surface area contributed by atoms with Crippen molar-refractivity contribution in [2.24, 2.45) is 0 Å². The molecule has 0 amide bonds. The van der Waals surface area contributed by atoms with Gasteiger partial charge in [0.2, 0.25) is 0 Å². The molecule has 4 aromatic heterocycles. The Morgan fingerprint density at radius 2 is 1.97 bits per heavy atom. The predicted molar refractivity (Wildman–Crippen MR) is 127 cm³/mol. The van der Waals surface area contributed by atoms with Crippen LogP contribution in [-0.4, -0.2) is 73.2 Å². The number of hydrogen-bond acceptors (Lipinski definition) is 6. The van der Waals surface area contributed by atoms with E-state index in [0.717, 1.165) is 65.6 Å². The van der Waals surface area contributed by atoms with Crippen LogP contribution in [0.25, 0.3) is 39.5 Å². The van der Waals surface area contributed by atoms with Crippen molar-refractivity contribution in [1.29, 1.82) is 0 Å². The molecule has 1 aliphatic rings. The Bertz CT molecular complexity index is 1280. The Morgan fingerprint density at radius 1 is 1.12 bits per heavy atom. The molecule has 1 saturated heterocycles. The number of aromatic amines is 2. The highest BCUT2D eigenvalue weighted by Crippen LogP contribution is 2.29. The van der Waals surface area contributed by atoms with Crippen molar-refractivity contribution in [3.63, 3.8) is 0 Å². The molecule has 0 radical (unpaired) electrons. The molecule has 5 heterocycles. The minimum atomic E-state index is 0.698. The second-order valence-electron chi connectivity index (χ2n) is 8.04. The second kappa shape index (κ2) is 8.39. The van der Waals surface area contributed by atoms with Gasteiger partial charge >= 0.3 is 0 Å². The van der Waals surface area contributed by atoms with Gasteiger partial charge in [-0.05, 0) is 44.3 Å². The fraction of sp³-hybridized carbons (Fsp3) is 0.250. The van der Waals surface area contributed by atoms with Crippen molar-refractivity contribution < 1.29 is 0 Å². The van der Waals surface area contributed by atoms with E-state index in [9.17, 15) is 0 Å². The molecule has 32 heavy (non-hydrogen) atoms. The molecule has 0 spiro atoms. The molecular formula is C24H26N8. The summed E-state index contributed by atoms with van der Waals surface area (Å²) in [5.74, 6) is 0.698. The maximum atomic E-state index is 4.96. The first-order chi connectivity index (χ1) is 15.6. The number of pyridine rings is 2. The van der Waals surface area contributed by atoms with Crippen LogP contribution in [0.3, 0.4) is 0 Å². The minimum Gasteiger partial charge on any atom is -0.367 e. The summed E-state index contributed by atoms with van der Waals surface area (Å²) in [5, 5.41) is 7.61. The summed E-state index contributed by atoms with van der Waals surface area (Å²) in [5.41, 5.74) is 7.15. The molecule has 8 heteroatoms. The lowest BCUT2D eigenvalue weighted by Gasteiger charge is -2.35. The van der Waals surface area contributed by atoms with E-state index in [2.05, 4.69) is 43.6 Å². The number of piperazine rings is 1.